The predicted octanol–water partition coefficient (Wildman–Crippen LogP) is 4.36. The average molecular weight is 238 g/mol. The van der Waals surface area contributed by atoms with Crippen LogP contribution < -0.4 is 0 Å². The summed E-state index contributed by atoms with van der Waals surface area (Å²) in [5.41, 5.74) is 2.88. The Balaban J connectivity index is 2.53. The second kappa shape index (κ2) is 4.21. The lowest BCUT2D eigenvalue weighted by Gasteiger charge is -2.04. The summed E-state index contributed by atoms with van der Waals surface area (Å²) >= 11 is 12.0. The summed E-state index contributed by atoms with van der Waals surface area (Å²) in [5, 5.41) is 1.36. The maximum absolute atomic E-state index is 6.08. The zero-order chi connectivity index (χ0) is 10.8. The maximum atomic E-state index is 6.08. The van der Waals surface area contributed by atoms with Crippen LogP contribution in [0.4, 0.5) is 0 Å². The molecule has 2 rings (SSSR count). The van der Waals surface area contributed by atoms with Crippen LogP contribution in [-0.4, -0.2) is 4.98 Å². The minimum absolute atomic E-state index is 0.676. The summed E-state index contributed by atoms with van der Waals surface area (Å²) in [6, 6.07) is 9.34. The Morgan fingerprint density at radius 1 is 1.07 bits per heavy atom. The van der Waals surface area contributed by atoms with Gasteiger partial charge in [0.2, 0.25) is 0 Å². The van der Waals surface area contributed by atoms with Crippen molar-refractivity contribution in [1.29, 1.82) is 0 Å². The topological polar surface area (TPSA) is 12.9 Å². The summed E-state index contributed by atoms with van der Waals surface area (Å²) in [7, 11) is 0. The molecule has 0 spiro atoms. The van der Waals surface area contributed by atoms with Crippen molar-refractivity contribution in [3.05, 3.63) is 52.3 Å². The van der Waals surface area contributed by atoms with Crippen molar-refractivity contribution in [2.24, 2.45) is 0 Å². The highest BCUT2D eigenvalue weighted by atomic mass is 35.5. The lowest BCUT2D eigenvalue weighted by molar-refractivity contribution is 1.20. The smallest absolute Gasteiger partial charge is 0.0486 e. The zero-order valence-electron chi connectivity index (χ0n) is 8.17. The van der Waals surface area contributed by atoms with Gasteiger partial charge in [0, 0.05) is 33.1 Å². The molecule has 1 heterocycles. The van der Waals surface area contributed by atoms with Crippen molar-refractivity contribution in [3.8, 4) is 11.1 Å². The molecule has 0 aliphatic rings. The highest BCUT2D eigenvalue weighted by Crippen LogP contribution is 2.29. The van der Waals surface area contributed by atoms with E-state index < -0.39 is 0 Å². The van der Waals surface area contributed by atoms with Gasteiger partial charge in [0.1, 0.15) is 0 Å². The fraction of sp³-hybridized carbons (Fsp3) is 0.0833. The van der Waals surface area contributed by atoms with Crippen molar-refractivity contribution in [1.82, 2.24) is 4.98 Å². The molecule has 0 N–H and O–H groups in total. The van der Waals surface area contributed by atoms with Gasteiger partial charge in [-0.2, -0.15) is 0 Å². The quantitative estimate of drug-likeness (QED) is 0.719. The lowest BCUT2D eigenvalue weighted by Crippen LogP contribution is -1.84. The van der Waals surface area contributed by atoms with E-state index >= 15 is 0 Å². The molecule has 0 saturated carbocycles. The second-order valence-electron chi connectivity index (χ2n) is 3.31. The zero-order valence-corrected chi connectivity index (χ0v) is 9.68. The molecular weight excluding hydrogens is 229 g/mol. The van der Waals surface area contributed by atoms with E-state index in [1.54, 1.807) is 18.3 Å². The maximum Gasteiger partial charge on any atom is 0.0486 e. The molecule has 0 unspecified atom stereocenters. The van der Waals surface area contributed by atoms with E-state index in [2.05, 4.69) is 4.98 Å². The van der Waals surface area contributed by atoms with E-state index in [4.69, 9.17) is 23.2 Å². The Labute approximate surface area is 98.7 Å². The molecule has 0 aliphatic carbocycles. The number of benzene rings is 1. The monoisotopic (exact) mass is 237 g/mol. The Morgan fingerprint density at radius 3 is 2.53 bits per heavy atom. The third kappa shape index (κ3) is 2.31. The number of nitrogens with zero attached hydrogens (tertiary/aromatic N) is 1. The molecule has 1 nitrogen and oxygen atoms in total. The fourth-order valence-corrected chi connectivity index (χ4v) is 1.74. The molecule has 3 heteroatoms. The molecule has 0 bridgehead atoms. The van der Waals surface area contributed by atoms with Gasteiger partial charge in [-0.05, 0) is 31.2 Å². The molecule has 2 aromatic rings. The number of pyridine rings is 1. The molecule has 1 aromatic heterocycles. The second-order valence-corrected chi connectivity index (χ2v) is 4.16. The van der Waals surface area contributed by atoms with Gasteiger partial charge in [-0.3, -0.25) is 4.98 Å². The van der Waals surface area contributed by atoms with E-state index in [9.17, 15) is 0 Å². The van der Waals surface area contributed by atoms with Crippen LogP contribution in [0.3, 0.4) is 0 Å². The van der Waals surface area contributed by atoms with Crippen LogP contribution in [0.1, 0.15) is 5.69 Å². The van der Waals surface area contributed by atoms with Crippen molar-refractivity contribution in [3.63, 3.8) is 0 Å². The number of aryl methyl sites for hydroxylation is 1. The van der Waals surface area contributed by atoms with Crippen LogP contribution >= 0.6 is 23.2 Å². The Bertz CT molecular complexity index is 477. The first-order valence-corrected chi connectivity index (χ1v) is 5.30. The molecule has 0 amide bonds. The minimum Gasteiger partial charge on any atom is -0.261 e. The van der Waals surface area contributed by atoms with Gasteiger partial charge < -0.3 is 0 Å². The number of halogens is 2. The summed E-state index contributed by atoms with van der Waals surface area (Å²) < 4.78 is 0. The largest absolute Gasteiger partial charge is 0.261 e. The summed E-state index contributed by atoms with van der Waals surface area (Å²) in [4.78, 5) is 4.22. The number of hydrogen-bond donors (Lipinski definition) is 0. The van der Waals surface area contributed by atoms with Crippen LogP contribution in [0.15, 0.2) is 36.5 Å². The van der Waals surface area contributed by atoms with Gasteiger partial charge in [-0.25, -0.2) is 0 Å². The molecule has 1 aromatic carbocycles. The predicted molar refractivity (Wildman–Crippen MR) is 64.4 cm³/mol. The molecule has 0 radical (unpaired) electrons. The van der Waals surface area contributed by atoms with E-state index in [0.29, 0.717) is 10.0 Å². The molecule has 0 aliphatic heterocycles. The molecule has 76 valence electrons. The van der Waals surface area contributed by atoms with E-state index in [0.717, 1.165) is 16.8 Å². The van der Waals surface area contributed by atoms with E-state index in [-0.39, 0.29) is 0 Å². The van der Waals surface area contributed by atoms with Crippen LogP contribution in [0.25, 0.3) is 11.1 Å². The van der Waals surface area contributed by atoms with E-state index in [1.165, 1.54) is 0 Å². The van der Waals surface area contributed by atoms with Crippen molar-refractivity contribution >= 4 is 23.2 Å². The van der Waals surface area contributed by atoms with Crippen molar-refractivity contribution in [2.45, 2.75) is 6.92 Å². The Kier molecular flexibility index (Phi) is 2.94. The summed E-state index contributed by atoms with van der Waals surface area (Å²) in [6.07, 6.45) is 1.80. The minimum atomic E-state index is 0.676. The molecule has 15 heavy (non-hydrogen) atoms. The number of hydrogen-bond acceptors (Lipinski definition) is 1. The summed E-state index contributed by atoms with van der Waals surface area (Å²) in [6.45, 7) is 1.95. The standard InChI is InChI=1S/C12H9Cl2N/c1-8-2-3-9(7-15-8)11-6-10(13)4-5-12(11)14/h2-7H,1H3. The van der Waals surface area contributed by atoms with Gasteiger partial charge in [0.15, 0.2) is 0 Å². The number of aromatic nitrogens is 1. The van der Waals surface area contributed by atoms with E-state index in [1.807, 2.05) is 25.1 Å². The highest BCUT2D eigenvalue weighted by Gasteiger charge is 2.04. The van der Waals surface area contributed by atoms with Crippen LogP contribution in [-0.2, 0) is 0 Å². The molecule has 0 saturated heterocycles. The molecular formula is C12H9Cl2N. The molecule has 0 atom stereocenters. The number of rotatable bonds is 1. The Hall–Kier alpha value is -1.05. The third-order valence-corrected chi connectivity index (χ3v) is 2.72. The van der Waals surface area contributed by atoms with Gasteiger partial charge in [-0.15, -0.1) is 0 Å². The first-order valence-electron chi connectivity index (χ1n) is 4.55. The highest BCUT2D eigenvalue weighted by molar-refractivity contribution is 6.35. The van der Waals surface area contributed by atoms with Gasteiger partial charge >= 0.3 is 0 Å². The third-order valence-electron chi connectivity index (χ3n) is 2.15. The normalized spacial score (nSPS) is 10.3. The molecule has 0 fully saturated rings. The van der Waals surface area contributed by atoms with Crippen LogP contribution in [0, 0.1) is 6.92 Å². The Morgan fingerprint density at radius 2 is 1.87 bits per heavy atom. The van der Waals surface area contributed by atoms with Gasteiger partial charge in [0.05, 0.1) is 0 Å². The lowest BCUT2D eigenvalue weighted by atomic mass is 10.1. The SMILES string of the molecule is Cc1ccc(-c2cc(Cl)ccc2Cl)cn1. The fourth-order valence-electron chi connectivity index (χ4n) is 1.35. The van der Waals surface area contributed by atoms with Gasteiger partial charge in [-0.1, -0.05) is 29.3 Å². The van der Waals surface area contributed by atoms with Crippen molar-refractivity contribution in [2.75, 3.05) is 0 Å². The van der Waals surface area contributed by atoms with Crippen molar-refractivity contribution < 1.29 is 0 Å². The van der Waals surface area contributed by atoms with Crippen LogP contribution in [0.5, 0.6) is 0 Å². The first kappa shape index (κ1) is 10.5. The first-order chi connectivity index (χ1) is 7.16. The average Bonchev–Trinajstić information content (AvgIpc) is 2.23. The summed E-state index contributed by atoms with van der Waals surface area (Å²) in [5.74, 6) is 0. The van der Waals surface area contributed by atoms with Crippen LogP contribution in [0.2, 0.25) is 10.0 Å². The van der Waals surface area contributed by atoms with Gasteiger partial charge in [0.25, 0.3) is 0 Å².